The average molecular weight is 345 g/mol. The fourth-order valence-electron chi connectivity index (χ4n) is 2.91. The molecule has 3 amide bonds. The van der Waals surface area contributed by atoms with E-state index in [9.17, 15) is 9.59 Å². The zero-order valence-corrected chi connectivity index (χ0v) is 15.0. The first-order valence-corrected chi connectivity index (χ1v) is 8.74. The van der Waals surface area contributed by atoms with Gasteiger partial charge in [-0.25, -0.2) is 4.79 Å². The summed E-state index contributed by atoms with van der Waals surface area (Å²) in [5.74, 6) is 0.506. The topological polar surface area (TPSA) is 70.7 Å². The minimum atomic E-state index is -0.322. The van der Waals surface area contributed by atoms with Crippen molar-refractivity contribution in [3.63, 3.8) is 0 Å². The van der Waals surface area contributed by atoms with Crippen molar-refractivity contribution in [1.82, 2.24) is 10.2 Å². The van der Waals surface area contributed by atoms with Gasteiger partial charge in [-0.2, -0.15) is 0 Å². The van der Waals surface area contributed by atoms with E-state index in [2.05, 4.69) is 17.2 Å². The van der Waals surface area contributed by atoms with Crippen LogP contribution in [0.1, 0.15) is 43.0 Å². The smallest absolute Gasteiger partial charge is 0.319 e. The Morgan fingerprint density at radius 2 is 2.08 bits per heavy atom. The third-order valence-corrected chi connectivity index (χ3v) is 4.37. The molecule has 1 aromatic rings. The van der Waals surface area contributed by atoms with Gasteiger partial charge in [0.25, 0.3) is 5.91 Å². The van der Waals surface area contributed by atoms with Crippen molar-refractivity contribution in [3.8, 4) is 5.75 Å². The van der Waals surface area contributed by atoms with Crippen molar-refractivity contribution >= 4 is 17.6 Å². The number of amides is 3. The molecule has 25 heavy (non-hydrogen) atoms. The summed E-state index contributed by atoms with van der Waals surface area (Å²) < 4.78 is 5.30. The molecule has 1 saturated heterocycles. The van der Waals surface area contributed by atoms with Gasteiger partial charge in [-0.15, -0.1) is 6.58 Å². The Hall–Kier alpha value is -2.50. The van der Waals surface area contributed by atoms with Gasteiger partial charge in [0.05, 0.1) is 12.8 Å². The highest BCUT2D eigenvalue weighted by Crippen LogP contribution is 2.26. The number of hydrogen-bond acceptors (Lipinski definition) is 3. The Bertz CT molecular complexity index is 624. The van der Waals surface area contributed by atoms with Gasteiger partial charge in [0.2, 0.25) is 0 Å². The van der Waals surface area contributed by atoms with Gasteiger partial charge in [-0.1, -0.05) is 13.0 Å². The van der Waals surface area contributed by atoms with Crippen molar-refractivity contribution in [2.24, 2.45) is 0 Å². The van der Waals surface area contributed by atoms with E-state index in [4.69, 9.17) is 4.74 Å². The van der Waals surface area contributed by atoms with Gasteiger partial charge in [-0.3, -0.25) is 4.79 Å². The van der Waals surface area contributed by atoms with Gasteiger partial charge in [0.1, 0.15) is 5.75 Å². The number of benzene rings is 1. The molecule has 1 unspecified atom stereocenters. The van der Waals surface area contributed by atoms with Crippen LogP contribution in [0.3, 0.4) is 0 Å². The number of methoxy groups -OCH3 is 1. The number of urea groups is 1. The van der Waals surface area contributed by atoms with Gasteiger partial charge >= 0.3 is 6.03 Å². The van der Waals surface area contributed by atoms with Crippen molar-refractivity contribution < 1.29 is 14.3 Å². The molecule has 0 spiro atoms. The molecule has 2 N–H and O–H groups in total. The van der Waals surface area contributed by atoms with Crippen LogP contribution in [-0.4, -0.2) is 43.1 Å². The normalized spacial score (nSPS) is 14.7. The lowest BCUT2D eigenvalue weighted by atomic mass is 10.1. The van der Waals surface area contributed by atoms with Crippen LogP contribution in [0.15, 0.2) is 30.9 Å². The van der Waals surface area contributed by atoms with E-state index >= 15 is 0 Å². The molecule has 6 heteroatoms. The molecule has 1 aliphatic rings. The Labute approximate surface area is 149 Å². The van der Waals surface area contributed by atoms with Crippen molar-refractivity contribution in [2.45, 2.75) is 38.6 Å². The third-order valence-electron chi connectivity index (χ3n) is 4.37. The Balaban J connectivity index is 2.12. The highest BCUT2D eigenvalue weighted by Gasteiger charge is 2.21. The summed E-state index contributed by atoms with van der Waals surface area (Å²) in [5.41, 5.74) is 1.04. The Morgan fingerprint density at radius 3 is 2.68 bits per heavy atom. The number of nitrogens with zero attached hydrogens (tertiary/aromatic N) is 1. The minimum absolute atomic E-state index is 0.0123. The number of hydrogen-bond donors (Lipinski definition) is 2. The van der Waals surface area contributed by atoms with Crippen LogP contribution in [0.5, 0.6) is 5.75 Å². The van der Waals surface area contributed by atoms with Crippen LogP contribution >= 0.6 is 0 Å². The van der Waals surface area contributed by atoms with E-state index in [-0.39, 0.29) is 18.0 Å². The number of carbonyl (C=O) groups excluding carboxylic acids is 2. The zero-order valence-electron chi connectivity index (χ0n) is 15.0. The fourth-order valence-corrected chi connectivity index (χ4v) is 2.91. The Kier molecular flexibility index (Phi) is 6.86. The molecule has 1 aliphatic heterocycles. The van der Waals surface area contributed by atoms with E-state index in [0.29, 0.717) is 23.4 Å². The number of rotatable bonds is 7. The van der Waals surface area contributed by atoms with E-state index < -0.39 is 0 Å². The number of carbonyl (C=O) groups is 2. The predicted octanol–water partition coefficient (Wildman–Crippen LogP) is 3.41. The summed E-state index contributed by atoms with van der Waals surface area (Å²) in [7, 11) is 1.53. The summed E-state index contributed by atoms with van der Waals surface area (Å²) in [6.07, 6.45) is 5.37. The summed E-state index contributed by atoms with van der Waals surface area (Å²) >= 11 is 0. The van der Waals surface area contributed by atoms with Crippen LogP contribution in [0, 0.1) is 0 Å². The maximum atomic E-state index is 12.5. The lowest BCUT2D eigenvalue weighted by molar-refractivity contribution is 0.0793. The van der Waals surface area contributed by atoms with Crippen LogP contribution in [-0.2, 0) is 0 Å². The molecule has 1 atom stereocenters. The fraction of sp³-hybridized carbons (Fsp3) is 0.474. The summed E-state index contributed by atoms with van der Waals surface area (Å²) in [5, 5.41) is 5.69. The first kappa shape index (κ1) is 18.8. The third kappa shape index (κ3) is 4.98. The number of anilines is 1. The highest BCUT2D eigenvalue weighted by atomic mass is 16.5. The monoisotopic (exact) mass is 345 g/mol. The summed E-state index contributed by atoms with van der Waals surface area (Å²) in [4.78, 5) is 26.6. The number of ether oxygens (including phenoxy) is 1. The molecule has 1 fully saturated rings. The first-order valence-electron chi connectivity index (χ1n) is 8.74. The zero-order chi connectivity index (χ0) is 18.2. The van der Waals surface area contributed by atoms with Crippen LogP contribution in [0.2, 0.25) is 0 Å². The van der Waals surface area contributed by atoms with Crippen molar-refractivity contribution in [2.75, 3.05) is 25.5 Å². The standard InChI is InChI=1S/C19H27N3O3/c1-4-8-15(5-2)20-19(24)21-16-13-14(9-10-17(16)25-3)18(23)22-11-6-7-12-22/h4,9-10,13,15H,1,5-8,11-12H2,2-3H3,(H2,20,21,24). The van der Waals surface area contributed by atoms with Crippen molar-refractivity contribution in [3.05, 3.63) is 36.4 Å². The first-order chi connectivity index (χ1) is 12.1. The molecule has 1 aromatic carbocycles. The van der Waals surface area contributed by atoms with Gasteiger partial charge in [0, 0.05) is 24.7 Å². The van der Waals surface area contributed by atoms with E-state index in [1.807, 2.05) is 11.8 Å². The molecule has 0 radical (unpaired) electrons. The van der Waals surface area contributed by atoms with E-state index in [1.165, 1.54) is 7.11 Å². The molecule has 0 bridgehead atoms. The van der Waals surface area contributed by atoms with Gasteiger partial charge < -0.3 is 20.3 Å². The minimum Gasteiger partial charge on any atom is -0.495 e. The molecule has 0 aliphatic carbocycles. The SMILES string of the molecule is C=CCC(CC)NC(=O)Nc1cc(C(=O)N2CCCC2)ccc1OC. The van der Waals surface area contributed by atoms with Crippen LogP contribution < -0.4 is 15.4 Å². The highest BCUT2D eigenvalue weighted by molar-refractivity contribution is 5.98. The lowest BCUT2D eigenvalue weighted by Gasteiger charge is -2.19. The molecular formula is C19H27N3O3. The average Bonchev–Trinajstić information content (AvgIpc) is 3.15. The second kappa shape index (κ2) is 9.11. The second-order valence-corrected chi connectivity index (χ2v) is 6.14. The van der Waals surface area contributed by atoms with Crippen molar-refractivity contribution in [1.29, 1.82) is 0 Å². The second-order valence-electron chi connectivity index (χ2n) is 6.14. The maximum Gasteiger partial charge on any atom is 0.319 e. The molecule has 0 aromatic heterocycles. The summed E-state index contributed by atoms with van der Waals surface area (Å²) in [6, 6.07) is 4.82. The van der Waals surface area contributed by atoms with E-state index in [0.717, 1.165) is 32.4 Å². The van der Waals surface area contributed by atoms with Crippen LogP contribution in [0.25, 0.3) is 0 Å². The lowest BCUT2D eigenvalue weighted by Crippen LogP contribution is -2.37. The number of likely N-dealkylation sites (tertiary alicyclic amines) is 1. The summed E-state index contributed by atoms with van der Waals surface area (Å²) in [6.45, 7) is 7.28. The maximum absolute atomic E-state index is 12.5. The quantitative estimate of drug-likeness (QED) is 0.744. The van der Waals surface area contributed by atoms with E-state index in [1.54, 1.807) is 24.3 Å². The van der Waals surface area contributed by atoms with Crippen LogP contribution in [0.4, 0.5) is 10.5 Å². The molecule has 2 rings (SSSR count). The Morgan fingerprint density at radius 1 is 1.36 bits per heavy atom. The van der Waals surface area contributed by atoms with Gasteiger partial charge in [0.15, 0.2) is 0 Å². The molecule has 1 heterocycles. The molecule has 136 valence electrons. The molecule has 0 saturated carbocycles. The molecule has 6 nitrogen and oxygen atoms in total. The predicted molar refractivity (Wildman–Crippen MR) is 99.2 cm³/mol. The van der Waals surface area contributed by atoms with Gasteiger partial charge in [-0.05, 0) is 43.9 Å². The molecular weight excluding hydrogens is 318 g/mol. The number of nitrogens with one attached hydrogen (secondary N) is 2. The largest absolute Gasteiger partial charge is 0.495 e.